The number of thiophene rings is 1. The van der Waals surface area contributed by atoms with Crippen LogP contribution in [0.1, 0.15) is 60.8 Å². The number of fused-ring (bicyclic) bond motifs is 1. The van der Waals surface area contributed by atoms with Gasteiger partial charge in [0.2, 0.25) is 5.91 Å². The van der Waals surface area contributed by atoms with Crippen molar-refractivity contribution >= 4 is 34.2 Å². The Kier molecular flexibility index (Phi) is 6.99. The average molecular weight is 367 g/mol. The monoisotopic (exact) mass is 367 g/mol. The molecule has 0 saturated carbocycles. The molecule has 0 aliphatic heterocycles. The molecule has 0 bridgehead atoms. The Bertz CT molecular complexity index is 652. The molecule has 1 heterocycles. The third-order valence-corrected chi connectivity index (χ3v) is 5.28. The van der Waals surface area contributed by atoms with E-state index in [0.29, 0.717) is 23.1 Å². The van der Waals surface area contributed by atoms with E-state index in [1.54, 1.807) is 13.8 Å². The number of rotatable bonds is 7. The molecule has 1 N–H and O–H groups in total. The van der Waals surface area contributed by atoms with E-state index < -0.39 is 11.9 Å². The van der Waals surface area contributed by atoms with Gasteiger partial charge in [-0.05, 0) is 44.6 Å². The lowest BCUT2D eigenvalue weighted by Gasteiger charge is -2.18. The minimum atomic E-state index is -0.400. The summed E-state index contributed by atoms with van der Waals surface area (Å²) in [5.74, 6) is -0.531. The van der Waals surface area contributed by atoms with E-state index in [1.807, 2.05) is 0 Å². The quantitative estimate of drug-likeness (QED) is 0.748. The zero-order valence-electron chi connectivity index (χ0n) is 15.0. The summed E-state index contributed by atoms with van der Waals surface area (Å²) in [6.45, 7) is 6.25. The van der Waals surface area contributed by atoms with Crippen LogP contribution >= 0.6 is 11.3 Å². The molecule has 0 aromatic carbocycles. The first kappa shape index (κ1) is 19.4. The summed E-state index contributed by atoms with van der Waals surface area (Å²) in [5, 5.41) is 3.32. The third kappa shape index (κ3) is 5.04. The van der Waals surface area contributed by atoms with Gasteiger partial charge in [-0.15, -0.1) is 11.3 Å². The van der Waals surface area contributed by atoms with Crippen LogP contribution in [0, 0.1) is 5.92 Å². The maximum atomic E-state index is 12.4. The topological polar surface area (TPSA) is 81.7 Å². The molecule has 1 atom stereocenters. The fourth-order valence-electron chi connectivity index (χ4n) is 2.90. The standard InChI is InChI=1S/C18H25NO5S/c1-4-23-15(21)9-8-14(20)19-17-16(18(22)24-5-2)12-7-6-11(3)10-13(12)25-17/h11H,4-10H2,1-3H3,(H,19,20). The number of hydrogen-bond acceptors (Lipinski definition) is 6. The second kappa shape index (κ2) is 8.99. The highest BCUT2D eigenvalue weighted by Gasteiger charge is 2.29. The molecule has 0 radical (unpaired) electrons. The van der Waals surface area contributed by atoms with Crippen LogP contribution < -0.4 is 5.32 Å². The number of anilines is 1. The number of esters is 2. The molecule has 1 aliphatic carbocycles. The molecule has 0 fully saturated rings. The number of carbonyl (C=O) groups is 3. The molecule has 25 heavy (non-hydrogen) atoms. The van der Waals surface area contributed by atoms with Gasteiger partial charge in [0.05, 0.1) is 25.2 Å². The summed E-state index contributed by atoms with van der Waals surface area (Å²) in [7, 11) is 0. The number of carbonyl (C=O) groups excluding carboxylic acids is 3. The van der Waals surface area contributed by atoms with Gasteiger partial charge in [0, 0.05) is 11.3 Å². The van der Waals surface area contributed by atoms with E-state index in [4.69, 9.17) is 9.47 Å². The fourth-order valence-corrected chi connectivity index (χ4v) is 4.31. The lowest BCUT2D eigenvalue weighted by molar-refractivity contribution is -0.144. The summed E-state index contributed by atoms with van der Waals surface area (Å²) in [6, 6.07) is 0. The summed E-state index contributed by atoms with van der Waals surface area (Å²) in [6.07, 6.45) is 2.80. The molecule has 1 aromatic rings. The van der Waals surface area contributed by atoms with Crippen LogP contribution in [-0.4, -0.2) is 31.1 Å². The highest BCUT2D eigenvalue weighted by atomic mass is 32.1. The predicted molar refractivity (Wildman–Crippen MR) is 96.0 cm³/mol. The second-order valence-electron chi connectivity index (χ2n) is 6.13. The van der Waals surface area contributed by atoms with Crippen molar-refractivity contribution in [2.45, 2.75) is 52.9 Å². The minimum absolute atomic E-state index is 0.0243. The van der Waals surface area contributed by atoms with Crippen molar-refractivity contribution in [1.29, 1.82) is 0 Å². The van der Waals surface area contributed by atoms with Crippen molar-refractivity contribution in [3.8, 4) is 0 Å². The third-order valence-electron chi connectivity index (χ3n) is 4.11. The highest BCUT2D eigenvalue weighted by Crippen LogP contribution is 2.40. The van der Waals surface area contributed by atoms with Gasteiger partial charge in [-0.25, -0.2) is 4.79 Å². The predicted octanol–water partition coefficient (Wildman–Crippen LogP) is 3.33. The van der Waals surface area contributed by atoms with E-state index in [-0.39, 0.29) is 25.4 Å². The first-order chi connectivity index (χ1) is 12.0. The largest absolute Gasteiger partial charge is 0.466 e. The Hall–Kier alpha value is -1.89. The molecule has 2 rings (SSSR count). The molecule has 1 aromatic heterocycles. The first-order valence-electron chi connectivity index (χ1n) is 8.73. The molecular weight excluding hydrogens is 342 g/mol. The zero-order chi connectivity index (χ0) is 18.4. The van der Waals surface area contributed by atoms with Gasteiger partial charge >= 0.3 is 11.9 Å². The van der Waals surface area contributed by atoms with Crippen LogP contribution in [0.3, 0.4) is 0 Å². The molecule has 7 heteroatoms. The fraction of sp³-hybridized carbons (Fsp3) is 0.611. The van der Waals surface area contributed by atoms with E-state index in [9.17, 15) is 14.4 Å². The normalized spacial score (nSPS) is 16.0. The second-order valence-corrected chi connectivity index (χ2v) is 7.23. The van der Waals surface area contributed by atoms with Crippen molar-refractivity contribution in [3.05, 3.63) is 16.0 Å². The van der Waals surface area contributed by atoms with Crippen molar-refractivity contribution in [3.63, 3.8) is 0 Å². The van der Waals surface area contributed by atoms with E-state index >= 15 is 0 Å². The SMILES string of the molecule is CCOC(=O)CCC(=O)Nc1sc2c(c1C(=O)OCC)CCC(C)C2. The Labute approximate surface area is 151 Å². The highest BCUT2D eigenvalue weighted by molar-refractivity contribution is 7.17. The van der Waals surface area contributed by atoms with Gasteiger partial charge in [-0.2, -0.15) is 0 Å². The number of nitrogens with one attached hydrogen (secondary N) is 1. The van der Waals surface area contributed by atoms with Crippen LogP contribution in [0.2, 0.25) is 0 Å². The Morgan fingerprint density at radius 3 is 2.56 bits per heavy atom. The zero-order valence-corrected chi connectivity index (χ0v) is 15.8. The van der Waals surface area contributed by atoms with Gasteiger partial charge in [0.1, 0.15) is 5.00 Å². The molecule has 6 nitrogen and oxygen atoms in total. The van der Waals surface area contributed by atoms with Crippen LogP contribution in [0.25, 0.3) is 0 Å². The summed E-state index contributed by atoms with van der Waals surface area (Å²) >= 11 is 1.44. The number of ether oxygens (including phenoxy) is 2. The van der Waals surface area contributed by atoms with Crippen LogP contribution in [0.15, 0.2) is 0 Å². The molecule has 138 valence electrons. The Morgan fingerprint density at radius 1 is 1.16 bits per heavy atom. The van der Waals surface area contributed by atoms with Crippen LogP contribution in [0.5, 0.6) is 0 Å². The van der Waals surface area contributed by atoms with E-state index in [1.165, 1.54) is 11.3 Å². The van der Waals surface area contributed by atoms with E-state index in [0.717, 1.165) is 29.7 Å². The summed E-state index contributed by atoms with van der Waals surface area (Å²) in [4.78, 5) is 37.1. The van der Waals surface area contributed by atoms with Crippen LogP contribution in [-0.2, 0) is 31.9 Å². The lowest BCUT2D eigenvalue weighted by atomic mass is 9.88. The van der Waals surface area contributed by atoms with Crippen molar-refractivity contribution in [1.82, 2.24) is 0 Å². The van der Waals surface area contributed by atoms with Crippen molar-refractivity contribution in [2.75, 3.05) is 18.5 Å². The van der Waals surface area contributed by atoms with Gasteiger partial charge < -0.3 is 14.8 Å². The summed E-state index contributed by atoms with van der Waals surface area (Å²) < 4.78 is 10.00. The van der Waals surface area contributed by atoms with Crippen molar-refractivity contribution in [2.24, 2.45) is 5.92 Å². The maximum Gasteiger partial charge on any atom is 0.341 e. The molecule has 1 unspecified atom stereocenters. The smallest absolute Gasteiger partial charge is 0.341 e. The molecular formula is C18H25NO5S. The summed E-state index contributed by atoms with van der Waals surface area (Å²) in [5.41, 5.74) is 1.49. The van der Waals surface area contributed by atoms with Gasteiger partial charge in [0.25, 0.3) is 0 Å². The molecule has 0 spiro atoms. The van der Waals surface area contributed by atoms with Crippen LogP contribution in [0.4, 0.5) is 5.00 Å². The van der Waals surface area contributed by atoms with Crippen molar-refractivity contribution < 1.29 is 23.9 Å². The minimum Gasteiger partial charge on any atom is -0.466 e. The first-order valence-corrected chi connectivity index (χ1v) is 9.54. The van der Waals surface area contributed by atoms with E-state index in [2.05, 4.69) is 12.2 Å². The Balaban J connectivity index is 2.14. The lowest BCUT2D eigenvalue weighted by Crippen LogP contribution is -2.17. The number of amides is 1. The Morgan fingerprint density at radius 2 is 1.88 bits per heavy atom. The number of hydrogen-bond donors (Lipinski definition) is 1. The average Bonchev–Trinajstić information content (AvgIpc) is 2.90. The van der Waals surface area contributed by atoms with Gasteiger partial charge in [0.15, 0.2) is 0 Å². The molecule has 1 amide bonds. The maximum absolute atomic E-state index is 12.4. The van der Waals surface area contributed by atoms with Gasteiger partial charge in [-0.1, -0.05) is 6.92 Å². The molecule has 1 aliphatic rings. The van der Waals surface area contributed by atoms with Gasteiger partial charge in [-0.3, -0.25) is 9.59 Å². The molecule has 0 saturated heterocycles.